The Morgan fingerprint density at radius 3 is 2.45 bits per heavy atom. The number of hydrogen-bond acceptors (Lipinski definition) is 3. The van der Waals surface area contributed by atoms with Crippen LogP contribution in [0.2, 0.25) is 0 Å². The predicted molar refractivity (Wildman–Crippen MR) is 133 cm³/mol. The number of nitrogens with one attached hydrogen (secondary N) is 1. The summed E-state index contributed by atoms with van der Waals surface area (Å²) < 4.78 is 0.670. The van der Waals surface area contributed by atoms with Crippen LogP contribution < -0.4 is 5.32 Å². The van der Waals surface area contributed by atoms with Gasteiger partial charge < -0.3 is 9.80 Å². The van der Waals surface area contributed by atoms with E-state index in [4.69, 9.17) is 0 Å². The Labute approximate surface area is 191 Å². The standard InChI is InChI=1S/C26H36N2O2S/c1-4-5-6-7-8-9-10-18-28(2,3)21-26(30)27-23-14-11-13-22(20-23)25(29)17-16-24-15-12-19-31-24/h11-17,19-20H,4-10,18,21H2,1-3H3/p+1/b17-16+. The first-order chi connectivity index (χ1) is 14.9. The highest BCUT2D eigenvalue weighted by Gasteiger charge is 2.20. The number of ketones is 1. The Bertz CT molecular complexity index is 841. The molecule has 0 aliphatic rings. The van der Waals surface area contributed by atoms with Crippen LogP contribution in [-0.4, -0.2) is 43.4 Å². The first-order valence-electron chi connectivity index (χ1n) is 11.4. The molecule has 1 aromatic heterocycles. The molecule has 0 radical (unpaired) electrons. The number of carbonyl (C=O) groups is 2. The molecule has 0 unspecified atom stereocenters. The van der Waals surface area contributed by atoms with Crippen LogP contribution in [-0.2, 0) is 4.79 Å². The summed E-state index contributed by atoms with van der Waals surface area (Å²) in [5.74, 6) is -0.0915. The summed E-state index contributed by atoms with van der Waals surface area (Å²) in [5.41, 5.74) is 1.23. The van der Waals surface area contributed by atoms with E-state index >= 15 is 0 Å². The van der Waals surface area contributed by atoms with Crippen molar-refractivity contribution in [3.8, 4) is 0 Å². The minimum absolute atomic E-state index is 0.0216. The quantitative estimate of drug-likeness (QED) is 0.159. The number of amides is 1. The third kappa shape index (κ3) is 10.1. The Morgan fingerprint density at radius 2 is 1.74 bits per heavy atom. The van der Waals surface area contributed by atoms with Crippen LogP contribution in [0.4, 0.5) is 5.69 Å². The van der Waals surface area contributed by atoms with Crippen LogP contribution in [0, 0.1) is 0 Å². The first-order valence-corrected chi connectivity index (χ1v) is 12.3. The van der Waals surface area contributed by atoms with E-state index in [9.17, 15) is 9.59 Å². The number of rotatable bonds is 14. The zero-order valence-electron chi connectivity index (χ0n) is 19.2. The smallest absolute Gasteiger partial charge is 0.279 e. The summed E-state index contributed by atoms with van der Waals surface area (Å²) in [4.78, 5) is 26.1. The highest BCUT2D eigenvalue weighted by Crippen LogP contribution is 2.15. The van der Waals surface area contributed by atoms with Gasteiger partial charge in [-0.25, -0.2) is 0 Å². The minimum Gasteiger partial charge on any atom is -0.321 e. The fourth-order valence-electron chi connectivity index (χ4n) is 3.56. The summed E-state index contributed by atoms with van der Waals surface area (Å²) in [7, 11) is 4.21. The summed E-state index contributed by atoms with van der Waals surface area (Å²) >= 11 is 1.59. The van der Waals surface area contributed by atoms with Gasteiger partial charge >= 0.3 is 0 Å². The van der Waals surface area contributed by atoms with E-state index in [1.165, 1.54) is 38.5 Å². The number of carbonyl (C=O) groups excluding carboxylic acids is 2. The SMILES string of the molecule is CCCCCCCCC[N+](C)(C)CC(=O)Nc1cccc(C(=O)/C=C/c2cccs2)c1. The number of unbranched alkanes of at least 4 members (excludes halogenated alkanes) is 6. The molecule has 0 atom stereocenters. The molecule has 31 heavy (non-hydrogen) atoms. The number of thiophene rings is 1. The zero-order valence-corrected chi connectivity index (χ0v) is 20.0. The van der Waals surface area contributed by atoms with E-state index in [0.717, 1.165) is 17.8 Å². The Balaban J connectivity index is 1.79. The molecule has 1 heterocycles. The van der Waals surface area contributed by atoms with Gasteiger partial charge in [-0.05, 0) is 48.6 Å². The molecular formula is C26H37N2O2S+. The molecule has 0 bridgehead atoms. The van der Waals surface area contributed by atoms with Gasteiger partial charge in [-0.2, -0.15) is 0 Å². The molecule has 1 aromatic carbocycles. The van der Waals surface area contributed by atoms with Crippen molar-refractivity contribution in [2.24, 2.45) is 0 Å². The Morgan fingerprint density at radius 1 is 1.00 bits per heavy atom. The Kier molecular flexibility index (Phi) is 10.7. The molecule has 2 rings (SSSR count). The molecule has 0 aliphatic carbocycles. The van der Waals surface area contributed by atoms with Gasteiger partial charge in [-0.3, -0.25) is 9.59 Å². The molecule has 168 valence electrons. The summed E-state index contributed by atoms with van der Waals surface area (Å²) in [6.45, 7) is 3.65. The maximum atomic E-state index is 12.6. The van der Waals surface area contributed by atoms with Crippen LogP contribution >= 0.6 is 11.3 Å². The second kappa shape index (κ2) is 13.2. The monoisotopic (exact) mass is 441 g/mol. The molecule has 0 saturated heterocycles. The summed E-state index contributed by atoms with van der Waals surface area (Å²) in [6.07, 6.45) is 12.3. The van der Waals surface area contributed by atoms with Crippen LogP contribution in [0.5, 0.6) is 0 Å². The molecule has 0 fully saturated rings. The van der Waals surface area contributed by atoms with Gasteiger partial charge in [-0.15, -0.1) is 11.3 Å². The molecule has 1 amide bonds. The lowest BCUT2D eigenvalue weighted by molar-refractivity contribution is -0.882. The van der Waals surface area contributed by atoms with Crippen molar-refractivity contribution in [2.45, 2.75) is 51.9 Å². The highest BCUT2D eigenvalue weighted by molar-refractivity contribution is 7.10. The van der Waals surface area contributed by atoms with E-state index in [1.807, 2.05) is 29.7 Å². The number of quaternary nitrogens is 1. The average Bonchev–Trinajstić information content (AvgIpc) is 3.24. The van der Waals surface area contributed by atoms with Gasteiger partial charge in [0, 0.05) is 16.1 Å². The van der Waals surface area contributed by atoms with Crippen LogP contribution in [0.1, 0.15) is 67.1 Å². The van der Waals surface area contributed by atoms with Gasteiger partial charge in [0.2, 0.25) is 0 Å². The van der Waals surface area contributed by atoms with Crippen LogP contribution in [0.25, 0.3) is 6.08 Å². The van der Waals surface area contributed by atoms with Crippen LogP contribution in [0.3, 0.4) is 0 Å². The lowest BCUT2D eigenvalue weighted by Gasteiger charge is -2.29. The van der Waals surface area contributed by atoms with E-state index in [-0.39, 0.29) is 11.7 Å². The van der Waals surface area contributed by atoms with Crippen molar-refractivity contribution in [3.05, 3.63) is 58.3 Å². The van der Waals surface area contributed by atoms with Crippen molar-refractivity contribution in [2.75, 3.05) is 32.5 Å². The summed E-state index contributed by atoms with van der Waals surface area (Å²) in [5, 5.41) is 4.94. The number of anilines is 1. The van der Waals surface area contributed by atoms with E-state index in [1.54, 1.807) is 35.6 Å². The number of likely N-dealkylation sites (N-methyl/N-ethyl adjacent to an activating group) is 1. The van der Waals surface area contributed by atoms with Crippen LogP contribution in [0.15, 0.2) is 47.9 Å². The molecule has 1 N–H and O–H groups in total. The van der Waals surface area contributed by atoms with Crippen molar-refractivity contribution < 1.29 is 14.1 Å². The normalized spacial score (nSPS) is 11.7. The van der Waals surface area contributed by atoms with E-state index < -0.39 is 0 Å². The molecule has 2 aromatic rings. The third-order valence-electron chi connectivity index (χ3n) is 5.31. The minimum atomic E-state index is -0.0699. The predicted octanol–water partition coefficient (Wildman–Crippen LogP) is 6.41. The maximum absolute atomic E-state index is 12.6. The van der Waals surface area contributed by atoms with Gasteiger partial charge in [0.25, 0.3) is 5.91 Å². The molecular weight excluding hydrogens is 404 g/mol. The van der Waals surface area contributed by atoms with E-state index in [2.05, 4.69) is 26.3 Å². The number of nitrogens with zero attached hydrogens (tertiary/aromatic N) is 1. The van der Waals surface area contributed by atoms with Gasteiger partial charge in [-0.1, -0.05) is 57.2 Å². The fourth-order valence-corrected chi connectivity index (χ4v) is 4.17. The van der Waals surface area contributed by atoms with Gasteiger partial charge in [0.05, 0.1) is 20.6 Å². The van der Waals surface area contributed by atoms with E-state index in [0.29, 0.717) is 22.3 Å². The maximum Gasteiger partial charge on any atom is 0.279 e. The largest absolute Gasteiger partial charge is 0.321 e. The molecule has 0 aliphatic heterocycles. The first kappa shape index (κ1) is 25.0. The average molecular weight is 442 g/mol. The number of allylic oxidation sites excluding steroid dienone is 1. The lowest BCUT2D eigenvalue weighted by Crippen LogP contribution is -2.46. The molecule has 4 nitrogen and oxygen atoms in total. The van der Waals surface area contributed by atoms with Crippen molar-refractivity contribution >= 4 is 34.8 Å². The summed E-state index contributed by atoms with van der Waals surface area (Å²) in [6, 6.07) is 11.1. The number of hydrogen-bond donors (Lipinski definition) is 1. The topological polar surface area (TPSA) is 46.2 Å². The molecule has 5 heteroatoms. The van der Waals surface area contributed by atoms with Crippen molar-refractivity contribution in [3.63, 3.8) is 0 Å². The van der Waals surface area contributed by atoms with Gasteiger partial charge in [0.1, 0.15) is 0 Å². The second-order valence-electron chi connectivity index (χ2n) is 8.78. The molecule has 0 saturated carbocycles. The molecule has 0 spiro atoms. The number of benzene rings is 1. The third-order valence-corrected chi connectivity index (χ3v) is 6.15. The van der Waals surface area contributed by atoms with Crippen molar-refractivity contribution in [1.82, 2.24) is 0 Å². The van der Waals surface area contributed by atoms with Crippen molar-refractivity contribution in [1.29, 1.82) is 0 Å². The van der Waals surface area contributed by atoms with Gasteiger partial charge in [0.15, 0.2) is 12.3 Å². The second-order valence-corrected chi connectivity index (χ2v) is 9.76. The fraction of sp³-hybridized carbons (Fsp3) is 0.462. The zero-order chi connectivity index (χ0) is 22.5. The Hall–Kier alpha value is -2.24. The lowest BCUT2D eigenvalue weighted by atomic mass is 10.1. The highest BCUT2D eigenvalue weighted by atomic mass is 32.1.